The molecule has 7 nitrogen and oxygen atoms in total. The van der Waals surface area contributed by atoms with E-state index in [1.165, 1.54) is 35.8 Å². The number of phenols is 1. The average Bonchev–Trinajstić information content (AvgIpc) is 2.97. The number of benzene rings is 2. The molecule has 126 valence electrons. The summed E-state index contributed by atoms with van der Waals surface area (Å²) in [5, 5.41) is 30.7. The van der Waals surface area contributed by atoms with Gasteiger partial charge in [-0.2, -0.15) is 5.10 Å². The van der Waals surface area contributed by atoms with E-state index in [4.69, 9.17) is 0 Å². The minimum absolute atomic E-state index is 0.0946. The van der Waals surface area contributed by atoms with E-state index in [0.29, 0.717) is 4.80 Å². The molecule has 0 radical (unpaired) electrons. The van der Waals surface area contributed by atoms with Gasteiger partial charge in [0.2, 0.25) is 4.80 Å². The maximum atomic E-state index is 10.8. The largest absolute Gasteiger partial charge is 0.507 e. The molecule has 1 N–H and O–H groups in total. The number of non-ortho nitro benzene ring substituents is 1. The Morgan fingerprint density at radius 2 is 2.00 bits per heavy atom. The third-order valence-electron chi connectivity index (χ3n) is 3.46. The van der Waals surface area contributed by atoms with Gasteiger partial charge in [0.25, 0.3) is 5.69 Å². The van der Waals surface area contributed by atoms with Gasteiger partial charge in [-0.25, -0.2) is 0 Å². The zero-order valence-electron chi connectivity index (χ0n) is 13.2. The molecule has 0 bridgehead atoms. The van der Waals surface area contributed by atoms with Crippen molar-refractivity contribution < 1.29 is 10.0 Å². The first-order valence-corrected chi connectivity index (χ1v) is 8.21. The molecular formula is C17H14N4O3S. The van der Waals surface area contributed by atoms with E-state index in [-0.39, 0.29) is 17.0 Å². The third-order valence-corrected chi connectivity index (χ3v) is 4.39. The van der Waals surface area contributed by atoms with Crippen molar-refractivity contribution in [3.8, 4) is 11.4 Å². The number of nitro groups is 1. The second kappa shape index (κ2) is 7.10. The lowest BCUT2D eigenvalue weighted by Crippen LogP contribution is -2.13. The summed E-state index contributed by atoms with van der Waals surface area (Å²) in [7, 11) is 0. The molecule has 0 amide bonds. The number of hydrogen-bond acceptors (Lipinski definition) is 6. The lowest BCUT2D eigenvalue weighted by Gasteiger charge is -2.04. The predicted octanol–water partition coefficient (Wildman–Crippen LogP) is 3.40. The number of rotatable bonds is 4. The fraction of sp³-hybridized carbons (Fsp3) is 0.0588. The van der Waals surface area contributed by atoms with Crippen molar-refractivity contribution in [1.29, 1.82) is 0 Å². The lowest BCUT2D eigenvalue weighted by molar-refractivity contribution is -0.384. The Kier molecular flexibility index (Phi) is 4.71. The quantitative estimate of drug-likeness (QED) is 0.442. The molecule has 0 aliphatic carbocycles. The Bertz CT molecular complexity index is 1010. The van der Waals surface area contributed by atoms with Crippen LogP contribution >= 0.6 is 11.3 Å². The molecule has 0 saturated heterocycles. The summed E-state index contributed by atoms with van der Waals surface area (Å²) in [5.74, 6) is -0.0946. The second-order valence-electron chi connectivity index (χ2n) is 5.18. The van der Waals surface area contributed by atoms with E-state index in [0.717, 1.165) is 11.4 Å². The number of para-hydroxylation sites is 1. The average molecular weight is 354 g/mol. The lowest BCUT2D eigenvalue weighted by atomic mass is 10.2. The summed E-state index contributed by atoms with van der Waals surface area (Å²) in [6.45, 7) is 1.97. The van der Waals surface area contributed by atoms with Crippen LogP contribution in [0.4, 0.5) is 5.69 Å². The van der Waals surface area contributed by atoms with Crippen LogP contribution in [0.5, 0.6) is 5.75 Å². The van der Waals surface area contributed by atoms with Crippen LogP contribution in [0.2, 0.25) is 0 Å². The molecule has 0 spiro atoms. The van der Waals surface area contributed by atoms with Crippen molar-refractivity contribution in [2.45, 2.75) is 6.92 Å². The number of thiazole rings is 1. The van der Waals surface area contributed by atoms with Gasteiger partial charge in [-0.15, -0.1) is 16.4 Å². The molecule has 3 aromatic rings. The highest BCUT2D eigenvalue weighted by Gasteiger charge is 2.08. The molecule has 1 aromatic heterocycles. The van der Waals surface area contributed by atoms with Crippen molar-refractivity contribution in [2.75, 3.05) is 0 Å². The highest BCUT2D eigenvalue weighted by molar-refractivity contribution is 7.07. The highest BCUT2D eigenvalue weighted by Crippen LogP contribution is 2.21. The van der Waals surface area contributed by atoms with Crippen LogP contribution in [0.15, 0.2) is 64.1 Å². The smallest absolute Gasteiger partial charge is 0.270 e. The molecule has 0 aliphatic rings. The van der Waals surface area contributed by atoms with Crippen LogP contribution in [0.1, 0.15) is 11.3 Å². The fourth-order valence-corrected chi connectivity index (χ4v) is 3.08. The summed E-state index contributed by atoms with van der Waals surface area (Å²) >= 11 is 1.43. The minimum Gasteiger partial charge on any atom is -0.507 e. The third kappa shape index (κ3) is 3.64. The van der Waals surface area contributed by atoms with Gasteiger partial charge in [0.1, 0.15) is 5.75 Å². The van der Waals surface area contributed by atoms with Crippen LogP contribution in [0.3, 0.4) is 0 Å². The van der Waals surface area contributed by atoms with Crippen LogP contribution in [0.25, 0.3) is 5.69 Å². The highest BCUT2D eigenvalue weighted by atomic mass is 32.1. The first-order valence-electron chi connectivity index (χ1n) is 7.33. The molecule has 0 fully saturated rings. The zero-order chi connectivity index (χ0) is 17.8. The van der Waals surface area contributed by atoms with Gasteiger partial charge in [-0.05, 0) is 25.1 Å². The van der Waals surface area contributed by atoms with Crippen molar-refractivity contribution in [3.05, 3.63) is 80.1 Å². The van der Waals surface area contributed by atoms with Gasteiger partial charge < -0.3 is 5.11 Å². The summed E-state index contributed by atoms with van der Waals surface area (Å²) in [6.07, 6.45) is 1.30. The first-order chi connectivity index (χ1) is 12.1. The van der Waals surface area contributed by atoms with Gasteiger partial charge in [0, 0.05) is 34.5 Å². The maximum absolute atomic E-state index is 10.8. The second-order valence-corrected chi connectivity index (χ2v) is 6.01. The number of nitro benzene ring substituents is 1. The standard InChI is InChI=1S/C17H14N4O3S/c1-12-11-25-17(20(12)14-5-3-2-4-6-14)19-18-10-13-9-15(21(23)24)7-8-16(13)22/h2-11,22H,1H3/b18-10+,19-17+. The number of nitrogens with zero attached hydrogens (tertiary/aromatic N) is 4. The van der Waals surface area contributed by atoms with Crippen molar-refractivity contribution in [2.24, 2.45) is 10.2 Å². The van der Waals surface area contributed by atoms with E-state index < -0.39 is 4.92 Å². The fourth-order valence-electron chi connectivity index (χ4n) is 2.25. The molecule has 1 heterocycles. The Hall–Kier alpha value is -3.26. The number of phenolic OH excluding ortho intramolecular Hbond substituents is 1. The minimum atomic E-state index is -0.528. The van der Waals surface area contributed by atoms with E-state index in [9.17, 15) is 15.2 Å². The molecular weight excluding hydrogens is 340 g/mol. The van der Waals surface area contributed by atoms with E-state index in [1.807, 2.05) is 47.2 Å². The van der Waals surface area contributed by atoms with Crippen LogP contribution in [-0.4, -0.2) is 20.8 Å². The van der Waals surface area contributed by atoms with E-state index >= 15 is 0 Å². The van der Waals surface area contributed by atoms with Gasteiger partial charge in [-0.3, -0.25) is 14.7 Å². The summed E-state index contributed by atoms with van der Waals surface area (Å²) in [5.41, 5.74) is 2.10. The number of aromatic hydroxyl groups is 1. The van der Waals surface area contributed by atoms with E-state index in [2.05, 4.69) is 10.2 Å². The molecule has 0 aliphatic heterocycles. The van der Waals surface area contributed by atoms with Crippen molar-refractivity contribution in [1.82, 2.24) is 4.57 Å². The van der Waals surface area contributed by atoms with Gasteiger partial charge in [0.15, 0.2) is 0 Å². The number of hydrogen-bond donors (Lipinski definition) is 1. The first kappa shape index (κ1) is 16.6. The zero-order valence-corrected chi connectivity index (χ0v) is 14.1. The molecule has 25 heavy (non-hydrogen) atoms. The SMILES string of the molecule is Cc1cs/c(=N/N=C/c2cc([N+](=O)[O-])ccc2O)n1-c1ccccc1. The number of aryl methyl sites for hydroxylation is 1. The van der Waals surface area contributed by atoms with Crippen molar-refractivity contribution in [3.63, 3.8) is 0 Å². The molecule has 0 saturated carbocycles. The van der Waals surface area contributed by atoms with Crippen LogP contribution in [0, 0.1) is 17.0 Å². The Labute approximate surface area is 147 Å². The van der Waals surface area contributed by atoms with Gasteiger partial charge >= 0.3 is 0 Å². The predicted molar refractivity (Wildman–Crippen MR) is 96.3 cm³/mol. The van der Waals surface area contributed by atoms with Crippen LogP contribution < -0.4 is 4.80 Å². The summed E-state index contributed by atoms with van der Waals surface area (Å²) in [6, 6.07) is 13.5. The van der Waals surface area contributed by atoms with Gasteiger partial charge in [-0.1, -0.05) is 18.2 Å². The molecule has 8 heteroatoms. The molecule has 3 rings (SSSR count). The summed E-state index contributed by atoms with van der Waals surface area (Å²) in [4.78, 5) is 10.9. The Morgan fingerprint density at radius 3 is 2.72 bits per heavy atom. The normalized spacial score (nSPS) is 12.0. The van der Waals surface area contributed by atoms with Crippen molar-refractivity contribution >= 4 is 23.2 Å². The van der Waals surface area contributed by atoms with E-state index in [1.54, 1.807) is 0 Å². The topological polar surface area (TPSA) is 93.0 Å². The summed E-state index contributed by atoms with van der Waals surface area (Å²) < 4.78 is 1.95. The van der Waals surface area contributed by atoms with Crippen LogP contribution in [-0.2, 0) is 0 Å². The molecule has 2 aromatic carbocycles. The molecule has 0 unspecified atom stereocenters. The van der Waals surface area contributed by atoms with Gasteiger partial charge in [0.05, 0.1) is 11.1 Å². The monoisotopic (exact) mass is 354 g/mol. The Morgan fingerprint density at radius 1 is 1.24 bits per heavy atom. The molecule has 0 atom stereocenters. The maximum Gasteiger partial charge on any atom is 0.270 e. The Balaban J connectivity index is 1.98. The number of aromatic nitrogens is 1.